The van der Waals surface area contributed by atoms with Crippen molar-refractivity contribution in [2.75, 3.05) is 39.8 Å². The van der Waals surface area contributed by atoms with Crippen LogP contribution < -0.4 is 10.6 Å². The lowest BCUT2D eigenvalue weighted by molar-refractivity contribution is 0.134. The molecule has 0 saturated carbocycles. The summed E-state index contributed by atoms with van der Waals surface area (Å²) < 4.78 is 0. The normalized spacial score (nSPS) is 26.7. The van der Waals surface area contributed by atoms with Crippen LogP contribution >= 0.6 is 0 Å². The minimum atomic E-state index is 0.502. The topological polar surface area (TPSA) is 42.9 Å². The first-order chi connectivity index (χ1) is 14.5. The summed E-state index contributed by atoms with van der Waals surface area (Å²) in [6, 6.07) is 11.9. The van der Waals surface area contributed by atoms with Gasteiger partial charge >= 0.3 is 0 Å². The minimum Gasteiger partial charge on any atom is -0.356 e. The molecule has 2 fully saturated rings. The molecule has 3 rings (SSSR count). The molecule has 0 bridgehead atoms. The highest BCUT2D eigenvalue weighted by molar-refractivity contribution is 5.79. The fourth-order valence-corrected chi connectivity index (χ4v) is 5.03. The third-order valence-corrected chi connectivity index (χ3v) is 6.59. The third kappa shape index (κ3) is 7.28. The summed E-state index contributed by atoms with van der Waals surface area (Å²) in [6.45, 7) is 13.9. The number of benzene rings is 1. The first kappa shape index (κ1) is 23.1. The van der Waals surface area contributed by atoms with Gasteiger partial charge in [-0.3, -0.25) is 9.89 Å². The highest BCUT2D eigenvalue weighted by atomic mass is 15.2. The average Bonchev–Trinajstić information content (AvgIpc) is 2.73. The zero-order chi connectivity index (χ0) is 21.3. The Labute approximate surface area is 184 Å². The van der Waals surface area contributed by atoms with E-state index in [0.717, 1.165) is 37.4 Å². The van der Waals surface area contributed by atoms with E-state index in [9.17, 15) is 0 Å². The molecule has 0 aromatic heterocycles. The van der Waals surface area contributed by atoms with Crippen LogP contribution in [0.1, 0.15) is 52.0 Å². The second kappa shape index (κ2) is 11.7. The Bertz CT molecular complexity index is 644. The second-order valence-corrected chi connectivity index (χ2v) is 9.79. The number of nitrogens with one attached hydrogen (secondary N) is 2. The Hall–Kier alpha value is -1.59. The highest BCUT2D eigenvalue weighted by Crippen LogP contribution is 2.20. The van der Waals surface area contributed by atoms with Crippen molar-refractivity contribution in [1.29, 1.82) is 0 Å². The summed E-state index contributed by atoms with van der Waals surface area (Å²) in [7, 11) is 1.90. The predicted molar refractivity (Wildman–Crippen MR) is 128 cm³/mol. The van der Waals surface area contributed by atoms with Crippen molar-refractivity contribution in [3.63, 3.8) is 0 Å². The van der Waals surface area contributed by atoms with Gasteiger partial charge in [0.15, 0.2) is 5.96 Å². The van der Waals surface area contributed by atoms with Crippen LogP contribution in [-0.2, 0) is 6.54 Å². The number of piperidine rings is 2. The Kier molecular flexibility index (Phi) is 9.01. The summed E-state index contributed by atoms with van der Waals surface area (Å²) in [5.74, 6) is 2.45. The number of rotatable bonds is 7. The van der Waals surface area contributed by atoms with Crippen LogP contribution in [0.25, 0.3) is 0 Å². The van der Waals surface area contributed by atoms with E-state index in [0.29, 0.717) is 12.1 Å². The van der Waals surface area contributed by atoms with Gasteiger partial charge in [0.2, 0.25) is 0 Å². The summed E-state index contributed by atoms with van der Waals surface area (Å²) in [5.41, 5.74) is 1.41. The molecule has 0 aliphatic carbocycles. The maximum Gasteiger partial charge on any atom is 0.191 e. The fourth-order valence-electron chi connectivity index (χ4n) is 5.03. The molecule has 168 valence electrons. The van der Waals surface area contributed by atoms with Crippen molar-refractivity contribution in [2.45, 2.75) is 65.1 Å². The van der Waals surface area contributed by atoms with Crippen LogP contribution in [0.2, 0.25) is 0 Å². The monoisotopic (exact) mass is 413 g/mol. The maximum absolute atomic E-state index is 4.51. The first-order valence-electron chi connectivity index (χ1n) is 12.0. The molecule has 3 unspecified atom stereocenters. The van der Waals surface area contributed by atoms with E-state index in [-0.39, 0.29) is 0 Å². The summed E-state index contributed by atoms with van der Waals surface area (Å²) >= 11 is 0. The van der Waals surface area contributed by atoms with Gasteiger partial charge in [0.05, 0.1) is 0 Å². The Morgan fingerprint density at radius 1 is 1.17 bits per heavy atom. The van der Waals surface area contributed by atoms with Gasteiger partial charge in [0.25, 0.3) is 0 Å². The van der Waals surface area contributed by atoms with Gasteiger partial charge in [-0.1, -0.05) is 44.2 Å². The van der Waals surface area contributed by atoms with E-state index in [1.165, 1.54) is 50.9 Å². The largest absolute Gasteiger partial charge is 0.356 e. The molecule has 3 atom stereocenters. The van der Waals surface area contributed by atoms with E-state index in [4.69, 9.17) is 0 Å². The van der Waals surface area contributed by atoms with E-state index in [1.54, 1.807) is 0 Å². The third-order valence-electron chi connectivity index (χ3n) is 6.59. The molecule has 5 nitrogen and oxygen atoms in total. The average molecular weight is 414 g/mol. The lowest BCUT2D eigenvalue weighted by Crippen LogP contribution is -2.52. The number of hydrogen-bond acceptors (Lipinski definition) is 3. The van der Waals surface area contributed by atoms with Gasteiger partial charge in [0, 0.05) is 51.9 Å². The molecule has 2 N–H and O–H groups in total. The predicted octanol–water partition coefficient (Wildman–Crippen LogP) is 3.57. The van der Waals surface area contributed by atoms with Crippen LogP contribution in [0.3, 0.4) is 0 Å². The van der Waals surface area contributed by atoms with Crippen molar-refractivity contribution in [3.05, 3.63) is 35.9 Å². The summed E-state index contributed by atoms with van der Waals surface area (Å²) in [6.07, 6.45) is 4.98. The van der Waals surface area contributed by atoms with Crippen LogP contribution in [0.5, 0.6) is 0 Å². The van der Waals surface area contributed by atoms with Gasteiger partial charge in [-0.05, 0) is 56.6 Å². The van der Waals surface area contributed by atoms with Gasteiger partial charge in [0.1, 0.15) is 0 Å². The molecule has 1 aromatic rings. The Balaban J connectivity index is 1.41. The number of aliphatic imine (C=N–C) groups is 1. The van der Waals surface area contributed by atoms with E-state index >= 15 is 0 Å². The van der Waals surface area contributed by atoms with Crippen LogP contribution in [-0.4, -0.2) is 67.6 Å². The van der Waals surface area contributed by atoms with Crippen molar-refractivity contribution in [2.24, 2.45) is 16.8 Å². The molecule has 2 heterocycles. The number of guanidine groups is 1. The molecular formula is C25H43N5. The number of nitrogens with zero attached hydrogens (tertiary/aromatic N) is 3. The molecule has 2 aliphatic heterocycles. The fraction of sp³-hybridized carbons (Fsp3) is 0.720. The van der Waals surface area contributed by atoms with E-state index in [2.05, 4.69) is 76.5 Å². The zero-order valence-corrected chi connectivity index (χ0v) is 19.6. The van der Waals surface area contributed by atoms with Crippen LogP contribution in [0.15, 0.2) is 35.3 Å². The molecule has 0 spiro atoms. The van der Waals surface area contributed by atoms with Gasteiger partial charge in [-0.2, -0.15) is 0 Å². The van der Waals surface area contributed by atoms with Gasteiger partial charge in [-0.15, -0.1) is 0 Å². The van der Waals surface area contributed by atoms with Crippen LogP contribution in [0, 0.1) is 11.8 Å². The smallest absolute Gasteiger partial charge is 0.191 e. The van der Waals surface area contributed by atoms with Crippen molar-refractivity contribution < 1.29 is 0 Å². The molecule has 30 heavy (non-hydrogen) atoms. The molecule has 2 aliphatic rings. The summed E-state index contributed by atoms with van der Waals surface area (Å²) in [4.78, 5) is 9.76. The van der Waals surface area contributed by atoms with E-state index < -0.39 is 0 Å². The Morgan fingerprint density at radius 3 is 2.67 bits per heavy atom. The summed E-state index contributed by atoms with van der Waals surface area (Å²) in [5, 5.41) is 7.33. The molecule has 5 heteroatoms. The van der Waals surface area contributed by atoms with Crippen molar-refractivity contribution in [1.82, 2.24) is 20.4 Å². The Morgan fingerprint density at radius 2 is 1.97 bits per heavy atom. The van der Waals surface area contributed by atoms with Crippen molar-refractivity contribution >= 4 is 5.96 Å². The molecule has 0 radical (unpaired) electrons. The number of likely N-dealkylation sites (tertiary alicyclic amines) is 2. The second-order valence-electron chi connectivity index (χ2n) is 9.79. The molecular weight excluding hydrogens is 370 g/mol. The zero-order valence-electron chi connectivity index (χ0n) is 19.6. The van der Waals surface area contributed by atoms with Gasteiger partial charge < -0.3 is 15.5 Å². The molecule has 0 amide bonds. The lowest BCUT2D eigenvalue weighted by atomic mass is 9.97. The van der Waals surface area contributed by atoms with Gasteiger partial charge in [-0.25, -0.2) is 0 Å². The first-order valence-corrected chi connectivity index (χ1v) is 12.0. The highest BCUT2D eigenvalue weighted by Gasteiger charge is 2.26. The SMILES string of the molecule is CN=C(NCC1CCCN(CC(C)C)C1)NC1CCN(Cc2ccccc2)C(C)C1. The lowest BCUT2D eigenvalue weighted by Gasteiger charge is -2.38. The standard InChI is InChI=1S/C25H43N5/c1-20(2)17-29-13-8-11-23(18-29)16-27-25(26-4)28-24-12-14-30(21(3)15-24)19-22-9-6-5-7-10-22/h5-7,9-10,20-21,23-24H,8,11-19H2,1-4H3,(H2,26,27,28). The molecule has 1 aromatic carbocycles. The van der Waals surface area contributed by atoms with Crippen LogP contribution in [0.4, 0.5) is 0 Å². The van der Waals surface area contributed by atoms with Crippen molar-refractivity contribution in [3.8, 4) is 0 Å². The number of hydrogen-bond donors (Lipinski definition) is 2. The minimum absolute atomic E-state index is 0.502. The molecule has 2 saturated heterocycles. The van der Waals surface area contributed by atoms with E-state index in [1.807, 2.05) is 7.05 Å². The maximum atomic E-state index is 4.51. The quantitative estimate of drug-likeness (QED) is 0.530.